The van der Waals surface area contributed by atoms with Crippen LogP contribution in [0.5, 0.6) is 0 Å². The van der Waals surface area contributed by atoms with E-state index in [2.05, 4.69) is 4.98 Å². The van der Waals surface area contributed by atoms with E-state index in [0.29, 0.717) is 0 Å². The summed E-state index contributed by atoms with van der Waals surface area (Å²) in [6.07, 6.45) is -3.20. The van der Waals surface area contributed by atoms with Gasteiger partial charge in [-0.25, -0.2) is 18.7 Å². The fourth-order valence-electron chi connectivity index (χ4n) is 1.89. The van der Waals surface area contributed by atoms with Crippen molar-refractivity contribution in [1.29, 1.82) is 0 Å². The fraction of sp³-hybridized carbons (Fsp3) is 0.500. The summed E-state index contributed by atoms with van der Waals surface area (Å²) in [6, 6.07) is 0. The third-order valence-corrected chi connectivity index (χ3v) is 3.07. The Kier molecular flexibility index (Phi) is 14.2. The van der Waals surface area contributed by atoms with E-state index in [0.717, 1.165) is 10.8 Å². The number of nitrogens with two attached hydrogens (primary N) is 1. The van der Waals surface area contributed by atoms with Crippen LogP contribution in [0.25, 0.3) is 0 Å². The molecule has 0 radical (unpaired) electrons. The van der Waals surface area contributed by atoms with E-state index in [1.165, 1.54) is 6.92 Å². The highest BCUT2D eigenvalue weighted by Crippen LogP contribution is 2.29. The lowest BCUT2D eigenvalue weighted by Crippen LogP contribution is -2.38. The van der Waals surface area contributed by atoms with Crippen LogP contribution in [0.3, 0.4) is 0 Å². The third-order valence-electron chi connectivity index (χ3n) is 2.89. The molecule has 2 heterocycles. The van der Waals surface area contributed by atoms with Crippen LogP contribution in [0.2, 0.25) is 5.15 Å². The Bertz CT molecular complexity index is 944. The van der Waals surface area contributed by atoms with Gasteiger partial charge in [-0.1, -0.05) is 11.6 Å². The van der Waals surface area contributed by atoms with Crippen molar-refractivity contribution < 1.29 is 77.5 Å². The van der Waals surface area contributed by atoms with Gasteiger partial charge in [0.2, 0.25) is 0 Å². The van der Waals surface area contributed by atoms with Crippen LogP contribution in [0.15, 0.2) is 11.0 Å². The molecule has 1 fully saturated rings. The van der Waals surface area contributed by atoms with Gasteiger partial charge in [-0.3, -0.25) is 14.2 Å². The topological polar surface area (TPSA) is 361 Å². The van der Waals surface area contributed by atoms with Crippen molar-refractivity contribution in [2.24, 2.45) is 5.73 Å². The Morgan fingerprint density at radius 1 is 0.971 bits per heavy atom. The van der Waals surface area contributed by atoms with Gasteiger partial charge in [-0.15, -0.1) is 0 Å². The van der Waals surface area contributed by atoms with Crippen molar-refractivity contribution in [3.05, 3.63) is 27.4 Å². The van der Waals surface area contributed by atoms with Crippen LogP contribution in [-0.4, -0.2) is 88.0 Å². The minimum atomic E-state index is -4.64. The van der Waals surface area contributed by atoms with Crippen molar-refractivity contribution in [2.75, 3.05) is 0 Å². The summed E-state index contributed by atoms with van der Waals surface area (Å²) in [7, 11) is -13.9. The van der Waals surface area contributed by atoms with E-state index in [1.807, 2.05) is 0 Å². The predicted octanol–water partition coefficient (Wildman–Crippen LogP) is -4.15. The van der Waals surface area contributed by atoms with Gasteiger partial charge < -0.3 is 64.7 Å². The molecule has 0 spiro atoms. The number of aliphatic hydroxyl groups is 2. The van der Waals surface area contributed by atoms with Crippen LogP contribution in [0.1, 0.15) is 23.6 Å². The summed E-state index contributed by atoms with van der Waals surface area (Å²) >= 11 is 5.69. The summed E-state index contributed by atoms with van der Waals surface area (Å²) in [5, 5.41) is 19.3. The molecule has 20 nitrogen and oxygen atoms in total. The Morgan fingerprint density at radius 3 is 1.59 bits per heavy atom. The maximum atomic E-state index is 12.0. The van der Waals surface area contributed by atoms with E-state index < -0.39 is 65.2 Å². The van der Waals surface area contributed by atoms with Crippen LogP contribution >= 0.6 is 35.1 Å². The number of amides is 1. The first-order valence-corrected chi connectivity index (χ1v) is 12.8. The molecular formula is C10H21ClN3O17P3. The Labute approximate surface area is 193 Å². The molecule has 1 aromatic heterocycles. The molecule has 2 rings (SSSR count). The third kappa shape index (κ3) is 18.2. The lowest BCUT2D eigenvalue weighted by Gasteiger charge is -2.18. The molecule has 0 bridgehead atoms. The molecule has 24 heteroatoms. The van der Waals surface area contributed by atoms with Crippen molar-refractivity contribution in [2.45, 2.75) is 31.5 Å². The zero-order valence-electron chi connectivity index (χ0n) is 16.4. The first-order chi connectivity index (χ1) is 14.8. The molecule has 200 valence electrons. The second-order valence-electron chi connectivity index (χ2n) is 5.74. The van der Waals surface area contributed by atoms with E-state index in [4.69, 9.17) is 79.8 Å². The highest BCUT2D eigenvalue weighted by Gasteiger charge is 2.42. The average Bonchev–Trinajstić information content (AvgIpc) is 2.79. The van der Waals surface area contributed by atoms with Gasteiger partial charge in [-0.2, -0.15) is 0 Å². The summed E-state index contributed by atoms with van der Waals surface area (Å²) < 4.78 is 32.8. The molecule has 1 aliphatic heterocycles. The normalized spacial score (nSPS) is 22.3. The number of aromatic nitrogens is 2. The molecule has 1 aliphatic rings. The Morgan fingerprint density at radius 2 is 1.32 bits per heavy atom. The molecule has 1 aromatic rings. The molecule has 0 aromatic carbocycles. The second-order valence-corrected chi connectivity index (χ2v) is 9.21. The highest BCUT2D eigenvalue weighted by atomic mass is 35.5. The summed E-state index contributed by atoms with van der Waals surface area (Å²) in [5.74, 6) is -1.04. The lowest BCUT2D eigenvalue weighted by atomic mass is 10.1. The number of primary amides is 1. The van der Waals surface area contributed by atoms with E-state index >= 15 is 0 Å². The van der Waals surface area contributed by atoms with Crippen molar-refractivity contribution in [3.63, 3.8) is 0 Å². The van der Waals surface area contributed by atoms with Gasteiger partial charge in [0.05, 0.1) is 6.10 Å². The number of ether oxygens (including phenoxy) is 1. The first kappa shape index (κ1) is 35.0. The molecule has 1 amide bonds. The zero-order chi connectivity index (χ0) is 27.8. The number of nitrogens with zero attached hydrogens (tertiary/aromatic N) is 2. The molecule has 13 N–H and O–H groups in total. The summed E-state index contributed by atoms with van der Waals surface area (Å²) in [6.45, 7) is 1.54. The van der Waals surface area contributed by atoms with Crippen molar-refractivity contribution in [1.82, 2.24) is 9.55 Å². The molecule has 1 saturated heterocycles. The van der Waals surface area contributed by atoms with Crippen LogP contribution < -0.4 is 11.3 Å². The number of hydrogen-bond acceptors (Lipinski definition) is 9. The van der Waals surface area contributed by atoms with E-state index in [9.17, 15) is 19.8 Å². The molecule has 34 heavy (non-hydrogen) atoms. The van der Waals surface area contributed by atoms with Gasteiger partial charge in [0.1, 0.15) is 17.4 Å². The maximum absolute atomic E-state index is 12.0. The Hall–Kier alpha value is -1.15. The van der Waals surface area contributed by atoms with Crippen LogP contribution in [-0.2, 0) is 18.4 Å². The van der Waals surface area contributed by atoms with E-state index in [-0.39, 0.29) is 5.15 Å². The van der Waals surface area contributed by atoms with Gasteiger partial charge in [0, 0.05) is 6.20 Å². The molecule has 0 saturated carbocycles. The minimum Gasteiger partial charge on any atom is -0.388 e. The van der Waals surface area contributed by atoms with Crippen molar-refractivity contribution >= 4 is 41.0 Å². The van der Waals surface area contributed by atoms with Gasteiger partial charge in [0.15, 0.2) is 11.9 Å². The predicted molar refractivity (Wildman–Crippen MR) is 106 cm³/mol. The lowest BCUT2D eigenvalue weighted by molar-refractivity contribution is -0.0345. The summed E-state index contributed by atoms with van der Waals surface area (Å²) in [5.41, 5.74) is 3.61. The monoisotopic (exact) mass is 583 g/mol. The van der Waals surface area contributed by atoms with Crippen LogP contribution in [0, 0.1) is 0 Å². The number of halogens is 1. The average molecular weight is 584 g/mol. The first-order valence-electron chi connectivity index (χ1n) is 7.77. The quantitative estimate of drug-likeness (QED) is 0.147. The molecular weight excluding hydrogens is 562 g/mol. The number of hydrogen-bond donors (Lipinski definition) is 12. The van der Waals surface area contributed by atoms with Crippen LogP contribution in [0.4, 0.5) is 0 Å². The van der Waals surface area contributed by atoms with Gasteiger partial charge >= 0.3 is 23.5 Å². The minimum absolute atomic E-state index is 0.154. The molecule has 4 atom stereocenters. The summed E-state index contributed by atoms with van der Waals surface area (Å²) in [4.78, 5) is 91.3. The number of carbonyl (C=O) groups is 1. The van der Waals surface area contributed by atoms with Crippen molar-refractivity contribution in [3.8, 4) is 0 Å². The SMILES string of the molecule is C[C@H]1O[C@@H](n2cc(Cl)nc(C(N)=O)c2=O)[C@H](O)[C@@H]1O.O=P(O)(O)O.O=P(O)(O)O.O=P(O)(O)O. The smallest absolute Gasteiger partial charge is 0.388 e. The molecule has 0 unspecified atom stereocenters. The number of aliphatic hydroxyl groups excluding tert-OH is 2. The maximum Gasteiger partial charge on any atom is 0.466 e. The fourth-order valence-corrected chi connectivity index (χ4v) is 2.08. The highest BCUT2D eigenvalue weighted by molar-refractivity contribution is 7.45. The van der Waals surface area contributed by atoms with Gasteiger partial charge in [-0.05, 0) is 6.92 Å². The second kappa shape index (κ2) is 13.8. The number of rotatable bonds is 2. The molecule has 0 aliphatic carbocycles. The van der Waals surface area contributed by atoms with Gasteiger partial charge in [0.25, 0.3) is 11.5 Å². The zero-order valence-corrected chi connectivity index (χ0v) is 19.9. The van der Waals surface area contributed by atoms with E-state index in [1.54, 1.807) is 0 Å². The number of carbonyl (C=O) groups excluding carboxylic acids is 1. The largest absolute Gasteiger partial charge is 0.466 e. The standard InChI is InChI=1S/C10H12ClN3O5.3H3O4P/c1-3-6(15)7(16)10(19-3)14-2-4(11)13-5(8(12)17)9(14)18;3*1-5(2,3)4/h2-3,6-7,10,15-16H,1H3,(H2,12,17);3*(H3,1,2,3,4)/t3-,6-,7-,10-;;;/m1.../s1. The number of phosphoric acid groups is 3. The Balaban J connectivity index is 0.